The molecule has 4 aliphatic rings. The van der Waals surface area contributed by atoms with E-state index in [9.17, 15) is 19.5 Å². The zero-order valence-electron chi connectivity index (χ0n) is 26.1. The fourth-order valence-electron chi connectivity index (χ4n) is 8.14. The van der Waals surface area contributed by atoms with Crippen LogP contribution in [-0.2, 0) is 19.1 Å². The summed E-state index contributed by atoms with van der Waals surface area (Å²) < 4.78 is 7.07. The van der Waals surface area contributed by atoms with E-state index >= 15 is 0 Å². The zero-order valence-corrected chi connectivity index (χ0v) is 26.1. The molecule has 4 rings (SSSR count). The van der Waals surface area contributed by atoms with Gasteiger partial charge in [0.05, 0.1) is 30.1 Å². The highest BCUT2D eigenvalue weighted by molar-refractivity contribution is 6.00. The first-order chi connectivity index (χ1) is 18.6. The summed E-state index contributed by atoms with van der Waals surface area (Å²) in [6.45, 7) is 19.8. The minimum absolute atomic E-state index is 0.0277. The maximum absolute atomic E-state index is 14.8. The molecule has 2 fully saturated rings. The number of hydrogen-bond acceptors (Lipinski definition) is 5. The number of carbonyl (C=O) groups is 3. The van der Waals surface area contributed by atoms with Gasteiger partial charge in [-0.3, -0.25) is 14.4 Å². The second kappa shape index (κ2) is 10.6. The van der Waals surface area contributed by atoms with Crippen LogP contribution < -0.4 is 0 Å². The molecular formula is C32H51N3O5. The predicted octanol–water partition coefficient (Wildman–Crippen LogP) is 3.79. The summed E-state index contributed by atoms with van der Waals surface area (Å²) in [5, 5.41) is 10.5. The molecule has 3 amide bonds. The molecule has 4 heterocycles. The number of hydrogen-bond donors (Lipinski definition) is 1. The predicted molar refractivity (Wildman–Crippen MR) is 155 cm³/mol. The molecule has 0 aromatic heterocycles. The number of likely N-dealkylation sites (tertiary alicyclic amines) is 1. The third kappa shape index (κ3) is 4.73. The molecule has 0 aromatic carbocycles. The maximum atomic E-state index is 14.8. The van der Waals surface area contributed by atoms with Crippen LogP contribution in [0.5, 0.6) is 0 Å². The first-order valence-corrected chi connectivity index (χ1v) is 15.2. The van der Waals surface area contributed by atoms with Crippen molar-refractivity contribution < 1.29 is 24.2 Å². The van der Waals surface area contributed by atoms with Crippen molar-refractivity contribution in [2.24, 2.45) is 23.2 Å². The average molecular weight is 558 g/mol. The van der Waals surface area contributed by atoms with Gasteiger partial charge in [0, 0.05) is 25.2 Å². The molecular weight excluding hydrogens is 506 g/mol. The van der Waals surface area contributed by atoms with E-state index in [1.54, 1.807) is 4.90 Å². The van der Waals surface area contributed by atoms with Crippen molar-refractivity contribution in [3.05, 3.63) is 24.3 Å². The standard InChI is InChI=1S/C32H51N3O5/c1-10-16-33-17-12-14-31(11-2)23(26(33)37)24-27(38)35(22(19-36)21(3)4)25-28(39)34(18-13-15-32(24,25)40-31)30(8,9)20-29(5,6)7/h12-15,21-25,36H,10-11,16-20H2,1-9H3/t22-,23+,24-,25?,31-,32-/m0/s1. The number of nitrogens with zero attached hydrogens (tertiary/aromatic N) is 3. The Balaban J connectivity index is 1.92. The fraction of sp³-hybridized carbons (Fsp3) is 0.781. The monoisotopic (exact) mass is 557 g/mol. The molecule has 1 N–H and O–H groups in total. The van der Waals surface area contributed by atoms with Crippen LogP contribution in [0.2, 0.25) is 0 Å². The molecule has 0 aliphatic carbocycles. The lowest BCUT2D eigenvalue weighted by Gasteiger charge is -2.46. The lowest BCUT2D eigenvalue weighted by Crippen LogP contribution is -2.62. The number of aliphatic hydroxyl groups is 1. The summed E-state index contributed by atoms with van der Waals surface area (Å²) in [5.41, 5.74) is -2.82. The minimum atomic E-state index is -1.31. The third-order valence-corrected chi connectivity index (χ3v) is 9.46. The molecule has 4 aliphatic heterocycles. The highest BCUT2D eigenvalue weighted by Gasteiger charge is 2.76. The van der Waals surface area contributed by atoms with E-state index in [2.05, 4.69) is 34.6 Å². The smallest absolute Gasteiger partial charge is 0.249 e. The van der Waals surface area contributed by atoms with Gasteiger partial charge >= 0.3 is 0 Å². The molecule has 2 saturated heterocycles. The van der Waals surface area contributed by atoms with Crippen LogP contribution in [0.15, 0.2) is 24.3 Å². The summed E-state index contributed by atoms with van der Waals surface area (Å²) in [7, 11) is 0. The van der Waals surface area contributed by atoms with Crippen LogP contribution in [0.4, 0.5) is 0 Å². The highest BCUT2D eigenvalue weighted by atomic mass is 16.5. The first kappa shape index (κ1) is 30.8. The molecule has 224 valence electrons. The van der Waals surface area contributed by atoms with Gasteiger partial charge in [-0.1, -0.05) is 72.8 Å². The summed E-state index contributed by atoms with van der Waals surface area (Å²) in [4.78, 5) is 49.0. The Hall–Kier alpha value is -2.19. The average Bonchev–Trinajstić information content (AvgIpc) is 3.13. The number of amides is 3. The van der Waals surface area contributed by atoms with Crippen molar-refractivity contribution in [3.8, 4) is 0 Å². The Labute approximate surface area is 240 Å². The Bertz CT molecular complexity index is 1070. The minimum Gasteiger partial charge on any atom is -0.394 e. The van der Waals surface area contributed by atoms with Crippen LogP contribution >= 0.6 is 0 Å². The van der Waals surface area contributed by atoms with Crippen LogP contribution in [0, 0.1) is 23.2 Å². The maximum Gasteiger partial charge on any atom is 0.249 e. The normalized spacial score (nSPS) is 33.3. The van der Waals surface area contributed by atoms with Gasteiger partial charge in [0.25, 0.3) is 0 Å². The van der Waals surface area contributed by atoms with Gasteiger partial charge in [0.1, 0.15) is 11.6 Å². The molecule has 8 heteroatoms. The Kier molecular flexibility index (Phi) is 8.13. The molecule has 1 spiro atoms. The van der Waals surface area contributed by atoms with Crippen molar-refractivity contribution in [2.75, 3.05) is 26.2 Å². The third-order valence-electron chi connectivity index (χ3n) is 9.46. The summed E-state index contributed by atoms with van der Waals surface area (Å²) >= 11 is 0. The Morgan fingerprint density at radius 1 is 0.975 bits per heavy atom. The number of aliphatic hydroxyl groups excluding tert-OH is 1. The van der Waals surface area contributed by atoms with Gasteiger partial charge < -0.3 is 24.5 Å². The SMILES string of the molecule is CCCN1CC=C[C@]2(CC)O[C@]34C=CCN(C(C)(C)CC(C)(C)C)C(=O)C3N([C@@H](CO)C(C)C)C(=O)[C@@H]4[C@@H]2C1=O. The van der Waals surface area contributed by atoms with Crippen molar-refractivity contribution in [1.82, 2.24) is 14.7 Å². The van der Waals surface area contributed by atoms with E-state index in [1.807, 2.05) is 61.8 Å². The summed E-state index contributed by atoms with van der Waals surface area (Å²) in [6, 6.07) is -1.55. The molecule has 6 atom stereocenters. The number of fused-ring (bicyclic) bond motifs is 2. The van der Waals surface area contributed by atoms with Crippen molar-refractivity contribution in [1.29, 1.82) is 0 Å². The van der Waals surface area contributed by atoms with Crippen LogP contribution in [0.3, 0.4) is 0 Å². The van der Waals surface area contributed by atoms with E-state index in [0.29, 0.717) is 26.1 Å². The van der Waals surface area contributed by atoms with Crippen LogP contribution in [-0.4, -0.2) is 92.6 Å². The van der Waals surface area contributed by atoms with Gasteiger partial charge in [-0.2, -0.15) is 0 Å². The number of carbonyl (C=O) groups excluding carboxylic acids is 3. The number of rotatable bonds is 8. The van der Waals surface area contributed by atoms with E-state index in [-0.39, 0.29) is 35.7 Å². The quantitative estimate of drug-likeness (QED) is 0.459. The topological polar surface area (TPSA) is 90.4 Å². The summed E-state index contributed by atoms with van der Waals surface area (Å²) in [6.07, 6.45) is 9.91. The first-order valence-electron chi connectivity index (χ1n) is 15.2. The van der Waals surface area contributed by atoms with E-state index in [4.69, 9.17) is 4.74 Å². The van der Waals surface area contributed by atoms with Crippen molar-refractivity contribution in [2.45, 2.75) is 110 Å². The van der Waals surface area contributed by atoms with Gasteiger partial charge in [0.15, 0.2) is 0 Å². The lowest BCUT2D eigenvalue weighted by atomic mass is 9.72. The van der Waals surface area contributed by atoms with E-state index in [0.717, 1.165) is 12.8 Å². The molecule has 0 aromatic rings. The Morgan fingerprint density at radius 2 is 1.62 bits per heavy atom. The highest BCUT2D eigenvalue weighted by Crippen LogP contribution is 2.59. The molecule has 0 bridgehead atoms. The Morgan fingerprint density at radius 3 is 2.17 bits per heavy atom. The van der Waals surface area contributed by atoms with Crippen molar-refractivity contribution in [3.63, 3.8) is 0 Å². The van der Waals surface area contributed by atoms with E-state index in [1.165, 1.54) is 0 Å². The molecule has 8 nitrogen and oxygen atoms in total. The zero-order chi connectivity index (χ0) is 29.8. The second-order valence-electron chi connectivity index (χ2n) is 14.4. The van der Waals surface area contributed by atoms with Crippen molar-refractivity contribution >= 4 is 17.7 Å². The molecule has 0 radical (unpaired) electrons. The van der Waals surface area contributed by atoms with E-state index < -0.39 is 40.7 Å². The van der Waals surface area contributed by atoms with Gasteiger partial charge in [-0.05, 0) is 44.4 Å². The summed E-state index contributed by atoms with van der Waals surface area (Å²) in [5.74, 6) is -2.25. The molecule has 40 heavy (non-hydrogen) atoms. The number of ether oxygens (including phenoxy) is 1. The van der Waals surface area contributed by atoms with Gasteiger partial charge in [-0.15, -0.1) is 0 Å². The fourth-order valence-corrected chi connectivity index (χ4v) is 8.14. The van der Waals surface area contributed by atoms with Gasteiger partial charge in [-0.25, -0.2) is 0 Å². The molecule has 1 unspecified atom stereocenters. The lowest BCUT2D eigenvalue weighted by molar-refractivity contribution is -0.161. The molecule has 0 saturated carbocycles. The second-order valence-corrected chi connectivity index (χ2v) is 14.4. The largest absolute Gasteiger partial charge is 0.394 e. The van der Waals surface area contributed by atoms with Gasteiger partial charge in [0.2, 0.25) is 17.7 Å². The van der Waals surface area contributed by atoms with Crippen LogP contribution in [0.25, 0.3) is 0 Å². The van der Waals surface area contributed by atoms with Crippen LogP contribution in [0.1, 0.15) is 81.6 Å².